The van der Waals surface area contributed by atoms with Crippen molar-refractivity contribution in [3.05, 3.63) is 40.4 Å². The molecule has 0 aliphatic heterocycles. The molecule has 0 N–H and O–H groups in total. The summed E-state index contributed by atoms with van der Waals surface area (Å²) in [5, 5.41) is 0. The van der Waals surface area contributed by atoms with Gasteiger partial charge in [0.2, 0.25) is 0 Å². The highest BCUT2D eigenvalue weighted by atomic mass is 79.9. The number of halogens is 1. The molecular formula is C11H14BrN. The molecule has 0 heterocycles. The summed E-state index contributed by atoms with van der Waals surface area (Å²) in [5.41, 5.74) is 1.23. The van der Waals surface area contributed by atoms with E-state index in [0.29, 0.717) is 0 Å². The normalized spacial score (nSPS) is 11.4. The Morgan fingerprint density at radius 3 is 2.77 bits per heavy atom. The molecule has 0 unspecified atom stereocenters. The molecule has 0 aromatic heterocycles. The Morgan fingerprint density at radius 2 is 2.15 bits per heavy atom. The minimum Gasteiger partial charge on any atom is -0.306 e. The summed E-state index contributed by atoms with van der Waals surface area (Å²) < 4.78 is 1.12. The van der Waals surface area contributed by atoms with Gasteiger partial charge in [-0.2, -0.15) is 0 Å². The molecule has 0 aliphatic carbocycles. The summed E-state index contributed by atoms with van der Waals surface area (Å²) in [5.74, 6) is 0. The van der Waals surface area contributed by atoms with E-state index in [0.717, 1.165) is 11.0 Å². The number of rotatable bonds is 3. The lowest BCUT2D eigenvalue weighted by atomic mass is 10.2. The van der Waals surface area contributed by atoms with Crippen molar-refractivity contribution >= 4 is 22.0 Å². The smallest absolute Gasteiger partial charge is 0.0181 e. The van der Waals surface area contributed by atoms with Crippen LogP contribution in [0, 0.1) is 0 Å². The lowest BCUT2D eigenvalue weighted by molar-refractivity contribution is 0.457. The zero-order chi connectivity index (χ0) is 9.68. The van der Waals surface area contributed by atoms with Crippen LogP contribution in [0.5, 0.6) is 0 Å². The van der Waals surface area contributed by atoms with Crippen LogP contribution in [0.2, 0.25) is 0 Å². The van der Waals surface area contributed by atoms with E-state index in [1.807, 2.05) is 12.1 Å². The van der Waals surface area contributed by atoms with Crippen molar-refractivity contribution in [2.75, 3.05) is 20.6 Å². The first-order chi connectivity index (χ1) is 6.18. The van der Waals surface area contributed by atoms with Crippen LogP contribution in [-0.2, 0) is 0 Å². The molecule has 1 aromatic carbocycles. The Morgan fingerprint density at radius 1 is 1.38 bits per heavy atom. The van der Waals surface area contributed by atoms with Crippen molar-refractivity contribution < 1.29 is 0 Å². The third kappa shape index (κ3) is 4.25. The molecule has 1 nitrogen and oxygen atoms in total. The Labute approximate surface area is 88.2 Å². The lowest BCUT2D eigenvalue weighted by Crippen LogP contribution is -2.10. The average Bonchev–Trinajstić information content (AvgIpc) is 2.03. The summed E-state index contributed by atoms with van der Waals surface area (Å²) in [6, 6.07) is 8.27. The van der Waals surface area contributed by atoms with E-state index in [1.165, 1.54) is 5.56 Å². The molecule has 13 heavy (non-hydrogen) atoms. The van der Waals surface area contributed by atoms with Gasteiger partial charge in [-0.25, -0.2) is 0 Å². The average molecular weight is 240 g/mol. The molecule has 0 saturated carbocycles. The minimum absolute atomic E-state index is 0.979. The molecule has 70 valence electrons. The second kappa shape index (κ2) is 5.20. The fourth-order valence-corrected chi connectivity index (χ4v) is 1.43. The van der Waals surface area contributed by atoms with Crippen LogP contribution in [0.3, 0.4) is 0 Å². The standard InChI is InChI=1S/C11H14BrN/c1-13(2)8-4-6-10-5-3-7-11(12)9-10/h3-7,9H,8H2,1-2H3/b6-4+. The summed E-state index contributed by atoms with van der Waals surface area (Å²) >= 11 is 3.44. The number of likely N-dealkylation sites (N-methyl/N-ethyl adjacent to an activating group) is 1. The van der Waals surface area contributed by atoms with Crippen molar-refractivity contribution in [1.29, 1.82) is 0 Å². The van der Waals surface area contributed by atoms with Gasteiger partial charge in [0, 0.05) is 11.0 Å². The van der Waals surface area contributed by atoms with E-state index in [-0.39, 0.29) is 0 Å². The molecule has 1 rings (SSSR count). The zero-order valence-corrected chi connectivity index (χ0v) is 9.58. The van der Waals surface area contributed by atoms with Gasteiger partial charge in [-0.05, 0) is 31.8 Å². The second-order valence-corrected chi connectivity index (χ2v) is 4.14. The Hall–Kier alpha value is -0.600. The fraction of sp³-hybridized carbons (Fsp3) is 0.273. The fourth-order valence-electron chi connectivity index (χ4n) is 1.01. The van der Waals surface area contributed by atoms with Crippen molar-refractivity contribution in [3.63, 3.8) is 0 Å². The van der Waals surface area contributed by atoms with Gasteiger partial charge in [-0.15, -0.1) is 0 Å². The highest BCUT2D eigenvalue weighted by Gasteiger charge is 1.88. The molecule has 1 aromatic rings. The Bertz CT molecular complexity index is 292. The van der Waals surface area contributed by atoms with Crippen LogP contribution in [-0.4, -0.2) is 25.5 Å². The summed E-state index contributed by atoms with van der Waals surface area (Å²) in [6.07, 6.45) is 4.28. The first kappa shape index (κ1) is 10.5. The van der Waals surface area contributed by atoms with Crippen molar-refractivity contribution in [3.8, 4) is 0 Å². The number of nitrogens with zero attached hydrogens (tertiary/aromatic N) is 1. The van der Waals surface area contributed by atoms with Crippen molar-refractivity contribution in [1.82, 2.24) is 4.90 Å². The van der Waals surface area contributed by atoms with Gasteiger partial charge in [0.05, 0.1) is 0 Å². The van der Waals surface area contributed by atoms with Crippen LogP contribution >= 0.6 is 15.9 Å². The summed E-state index contributed by atoms with van der Waals surface area (Å²) in [4.78, 5) is 2.13. The van der Waals surface area contributed by atoms with E-state index in [2.05, 4.69) is 59.2 Å². The first-order valence-electron chi connectivity index (χ1n) is 4.25. The molecule has 0 aliphatic rings. The molecule has 2 heteroatoms. The molecule has 0 fully saturated rings. The van der Waals surface area contributed by atoms with E-state index >= 15 is 0 Å². The highest BCUT2D eigenvalue weighted by molar-refractivity contribution is 9.10. The number of hydrogen-bond donors (Lipinski definition) is 0. The van der Waals surface area contributed by atoms with E-state index in [4.69, 9.17) is 0 Å². The Kier molecular flexibility index (Phi) is 4.19. The monoisotopic (exact) mass is 239 g/mol. The van der Waals surface area contributed by atoms with Crippen LogP contribution in [0.15, 0.2) is 34.8 Å². The lowest BCUT2D eigenvalue weighted by Gasteiger charge is -2.03. The molecule has 0 saturated heterocycles. The van der Waals surface area contributed by atoms with Gasteiger partial charge in [-0.3, -0.25) is 0 Å². The van der Waals surface area contributed by atoms with Crippen molar-refractivity contribution in [2.45, 2.75) is 0 Å². The van der Waals surface area contributed by atoms with Gasteiger partial charge in [0.25, 0.3) is 0 Å². The topological polar surface area (TPSA) is 3.24 Å². The van der Waals surface area contributed by atoms with Gasteiger partial charge in [-0.1, -0.05) is 40.2 Å². The Balaban J connectivity index is 2.58. The second-order valence-electron chi connectivity index (χ2n) is 3.22. The van der Waals surface area contributed by atoms with Crippen LogP contribution < -0.4 is 0 Å². The summed E-state index contributed by atoms with van der Waals surface area (Å²) in [6.45, 7) is 0.979. The van der Waals surface area contributed by atoms with E-state index in [9.17, 15) is 0 Å². The number of benzene rings is 1. The maximum Gasteiger partial charge on any atom is 0.0181 e. The van der Waals surface area contributed by atoms with Crippen molar-refractivity contribution in [2.24, 2.45) is 0 Å². The molecular weight excluding hydrogens is 226 g/mol. The predicted molar refractivity (Wildman–Crippen MR) is 61.7 cm³/mol. The molecule has 0 radical (unpaired) electrons. The summed E-state index contributed by atoms with van der Waals surface area (Å²) in [7, 11) is 4.12. The molecule has 0 amide bonds. The zero-order valence-electron chi connectivity index (χ0n) is 8.00. The predicted octanol–water partition coefficient (Wildman–Crippen LogP) is 3.02. The van der Waals surface area contributed by atoms with Crippen LogP contribution in [0.4, 0.5) is 0 Å². The third-order valence-electron chi connectivity index (χ3n) is 1.63. The molecule has 0 atom stereocenters. The molecule has 0 bridgehead atoms. The quantitative estimate of drug-likeness (QED) is 0.784. The van der Waals surface area contributed by atoms with Crippen LogP contribution in [0.25, 0.3) is 6.08 Å². The van der Waals surface area contributed by atoms with Gasteiger partial charge in [0.1, 0.15) is 0 Å². The number of hydrogen-bond acceptors (Lipinski definition) is 1. The van der Waals surface area contributed by atoms with Gasteiger partial charge < -0.3 is 4.90 Å². The van der Waals surface area contributed by atoms with Gasteiger partial charge >= 0.3 is 0 Å². The molecule has 0 spiro atoms. The van der Waals surface area contributed by atoms with E-state index < -0.39 is 0 Å². The third-order valence-corrected chi connectivity index (χ3v) is 2.12. The minimum atomic E-state index is 0.979. The maximum absolute atomic E-state index is 3.44. The maximum atomic E-state index is 3.44. The largest absolute Gasteiger partial charge is 0.306 e. The SMILES string of the molecule is CN(C)C/C=C/c1cccc(Br)c1. The van der Waals surface area contributed by atoms with Crippen LogP contribution in [0.1, 0.15) is 5.56 Å². The first-order valence-corrected chi connectivity index (χ1v) is 5.04. The van der Waals surface area contributed by atoms with Gasteiger partial charge in [0.15, 0.2) is 0 Å². The highest BCUT2D eigenvalue weighted by Crippen LogP contribution is 2.12. The van der Waals surface area contributed by atoms with E-state index in [1.54, 1.807) is 0 Å².